The van der Waals surface area contributed by atoms with E-state index in [4.69, 9.17) is 56.4 Å². The number of rotatable bonds is 15. The van der Waals surface area contributed by atoms with Crippen molar-refractivity contribution in [1.29, 1.82) is 0 Å². The zero-order valence-electron chi connectivity index (χ0n) is 78.2. The first-order valence-corrected chi connectivity index (χ1v) is 45.7. The highest BCUT2D eigenvalue weighted by molar-refractivity contribution is 5.48. The second kappa shape index (κ2) is 51.0. The van der Waals surface area contributed by atoms with Gasteiger partial charge in [0.2, 0.25) is 0 Å². The van der Waals surface area contributed by atoms with Crippen molar-refractivity contribution in [3.05, 3.63) is 161 Å². The number of hydrogen-bond acceptors (Lipinski definition) is 16. The normalized spacial score (nSPS) is 23.4. The number of halogens is 3. The molecule has 0 saturated carbocycles. The second-order valence-corrected chi connectivity index (χ2v) is 37.4. The maximum absolute atomic E-state index is 14.1. The molecule has 7 fully saturated rings. The van der Waals surface area contributed by atoms with Crippen molar-refractivity contribution < 1.29 is 13.2 Å². The second-order valence-electron chi connectivity index (χ2n) is 37.4. The number of alkyl halides is 3. The molecule has 0 spiro atoms. The van der Waals surface area contributed by atoms with Crippen LogP contribution in [0.2, 0.25) is 0 Å². The third kappa shape index (κ3) is 31.1. The average Bonchev–Trinajstić information content (AvgIpc) is 0.868. The minimum absolute atomic E-state index is 0.125. The van der Waals surface area contributed by atoms with Gasteiger partial charge in [0.1, 0.15) is 53.3 Å². The van der Waals surface area contributed by atoms with Gasteiger partial charge in [0, 0.05) is 131 Å². The molecule has 0 aromatic carbocycles. The fourth-order valence-corrected chi connectivity index (χ4v) is 18.7. The zero-order valence-corrected chi connectivity index (χ0v) is 78.2. The minimum atomic E-state index is -0.834. The fourth-order valence-electron chi connectivity index (χ4n) is 18.7. The van der Waals surface area contributed by atoms with E-state index >= 15 is 0 Å². The molecule has 0 aliphatic carbocycles. The topological polar surface area (TPSA) is 165 Å². The molecule has 6 aromatic heterocycles. The Morgan fingerprint density at radius 1 is 0.328 bits per heavy atom. The van der Waals surface area contributed by atoms with Crippen LogP contribution in [0.3, 0.4) is 0 Å². The first kappa shape index (κ1) is 101. The Kier molecular flexibility index (Phi) is 41.3. The van der Waals surface area contributed by atoms with E-state index < -0.39 is 18.5 Å². The summed E-state index contributed by atoms with van der Waals surface area (Å²) in [5.41, 5.74) is 16.3. The first-order chi connectivity index (χ1) is 59.7. The first-order valence-electron chi connectivity index (χ1n) is 45.7. The van der Waals surface area contributed by atoms with Crippen LogP contribution in [-0.4, -0.2) is 150 Å². The lowest BCUT2D eigenvalue weighted by Gasteiger charge is -2.39. The molecule has 0 radical (unpaired) electrons. The minimum Gasteiger partial charge on any atom is -0.392 e. The van der Waals surface area contributed by atoms with Crippen LogP contribution >= 0.6 is 0 Å². The quantitative estimate of drug-likeness (QED) is 0.0736. The van der Waals surface area contributed by atoms with Gasteiger partial charge >= 0.3 is 0 Å². The summed E-state index contributed by atoms with van der Waals surface area (Å²) in [5.74, 6) is 34.2. The van der Waals surface area contributed by atoms with Crippen LogP contribution in [0.1, 0.15) is 203 Å². The molecule has 0 bridgehead atoms. The molecule has 16 nitrogen and oxygen atoms in total. The predicted molar refractivity (Wildman–Crippen MR) is 516 cm³/mol. The molecule has 13 heterocycles. The van der Waals surface area contributed by atoms with Crippen molar-refractivity contribution in [3.8, 4) is 86.4 Å². The van der Waals surface area contributed by atoms with Gasteiger partial charge in [0.25, 0.3) is 0 Å². The monoisotopic (exact) mass is 1700 g/mol. The van der Waals surface area contributed by atoms with Crippen molar-refractivity contribution in [2.45, 2.75) is 188 Å². The Morgan fingerprint density at radius 3 is 0.856 bits per heavy atom. The number of piperidine rings is 7. The highest BCUT2D eigenvalue weighted by Crippen LogP contribution is 2.37. The Bertz CT molecular complexity index is 4060. The number of anilines is 6. The van der Waals surface area contributed by atoms with E-state index in [2.05, 4.69) is 214 Å². The van der Waals surface area contributed by atoms with Gasteiger partial charge in [0.05, 0.1) is 31.2 Å². The van der Waals surface area contributed by atoms with E-state index in [-0.39, 0.29) is 17.8 Å². The molecule has 7 saturated heterocycles. The van der Waals surface area contributed by atoms with Crippen LogP contribution in [0.25, 0.3) is 0 Å². The number of terminal acetylenes is 7. The molecule has 125 heavy (non-hydrogen) atoms. The fraction of sp³-hybridized carbons (Fsp3) is 0.557. The summed E-state index contributed by atoms with van der Waals surface area (Å²) >= 11 is 0. The van der Waals surface area contributed by atoms with Crippen LogP contribution in [0.5, 0.6) is 0 Å². The van der Waals surface area contributed by atoms with E-state index in [0.29, 0.717) is 60.5 Å². The molecule has 7 aliphatic heterocycles. The largest absolute Gasteiger partial charge is 0.392 e. The van der Waals surface area contributed by atoms with Crippen molar-refractivity contribution in [3.63, 3.8) is 0 Å². The molecule has 7 aliphatic rings. The lowest BCUT2D eigenvalue weighted by atomic mass is 9.79. The highest BCUT2D eigenvalue weighted by atomic mass is 19.1. The maximum Gasteiger partial charge on any atom is 0.151 e. The van der Waals surface area contributed by atoms with Gasteiger partial charge in [-0.3, -0.25) is 0 Å². The van der Waals surface area contributed by atoms with Crippen LogP contribution in [-0.2, 0) is 0 Å². The van der Waals surface area contributed by atoms with Gasteiger partial charge < -0.3 is 45.8 Å². The Labute approximate surface area is 751 Å². The average molecular weight is 1700 g/mol. The molecule has 13 rings (SSSR count). The smallest absolute Gasteiger partial charge is 0.151 e. The van der Waals surface area contributed by atoms with Gasteiger partial charge in [-0.1, -0.05) is 153 Å². The number of nitrogens with two attached hydrogens (primary N) is 2. The molecule has 0 amide bonds. The SMILES string of the molecule is C#C/C(N)=C/C=C(\N)N1CCC(C(C)C)C(F)C1.C#Cc1ccc(N2CCC(C(C)C)C(C)C2)nc1.C#Cc1ccc(N2CCC(C(C)C)C(C)C2)nc1.C#Cc1ccc(N2CCC(C(C)C)C(C)C2)nn1.C#Cc1ccc(N2CCC(C(C)C)C(F)C2)nc1.C#Cc1ccc(N2CCC(C(C)C)C(F)C2)nc1.C#Cc1ccc(N2CCC(C(C)C)CC2)nc1. The van der Waals surface area contributed by atoms with Crippen molar-refractivity contribution in [2.24, 2.45) is 112 Å². The van der Waals surface area contributed by atoms with E-state index in [1.54, 1.807) is 43.1 Å². The lowest BCUT2D eigenvalue weighted by Crippen LogP contribution is -2.44. The summed E-state index contributed by atoms with van der Waals surface area (Å²) in [6, 6.07) is 23.3. The molecular formula is C106H145F3N16. The summed E-state index contributed by atoms with van der Waals surface area (Å²) in [4.78, 5) is 37.2. The maximum atomic E-state index is 14.1. The molecule has 6 aromatic rings. The van der Waals surface area contributed by atoms with E-state index in [0.717, 1.165) is 213 Å². The van der Waals surface area contributed by atoms with Gasteiger partial charge in [-0.05, 0) is 243 Å². The molecule has 4 N–H and O–H groups in total. The number of hydrogen-bond donors (Lipinski definition) is 2. The number of likely N-dealkylation sites (tertiary alicyclic amines) is 1. The number of allylic oxidation sites excluding steroid dienone is 3. The van der Waals surface area contributed by atoms with Crippen molar-refractivity contribution in [2.75, 3.05) is 121 Å². The van der Waals surface area contributed by atoms with Gasteiger partial charge in [-0.15, -0.1) is 55.2 Å². The third-order valence-electron chi connectivity index (χ3n) is 26.6. The molecule has 670 valence electrons. The van der Waals surface area contributed by atoms with Gasteiger partial charge in [0.15, 0.2) is 5.82 Å². The van der Waals surface area contributed by atoms with Crippen LogP contribution in [0.15, 0.2) is 127 Å². The highest BCUT2D eigenvalue weighted by Gasteiger charge is 2.36. The van der Waals surface area contributed by atoms with Crippen LogP contribution in [0.4, 0.5) is 48.1 Å². The number of pyridine rings is 5. The summed E-state index contributed by atoms with van der Waals surface area (Å²) in [6.07, 6.45) is 55.4. The Hall–Kier alpha value is -10.8. The van der Waals surface area contributed by atoms with Gasteiger partial charge in [-0.25, -0.2) is 38.1 Å². The summed E-state index contributed by atoms with van der Waals surface area (Å²) < 4.78 is 42.1. The van der Waals surface area contributed by atoms with E-state index in [1.807, 2.05) is 87.5 Å². The lowest BCUT2D eigenvalue weighted by molar-refractivity contribution is 0.0787. The number of aromatic nitrogens is 7. The zero-order chi connectivity index (χ0) is 91.6. The molecule has 12 atom stereocenters. The van der Waals surface area contributed by atoms with Crippen LogP contribution in [0, 0.1) is 187 Å². The summed E-state index contributed by atoms with van der Waals surface area (Å²) in [6.45, 7) is 50.6. The predicted octanol–water partition coefficient (Wildman–Crippen LogP) is 19.2. The summed E-state index contributed by atoms with van der Waals surface area (Å²) in [5, 5.41) is 8.23. The number of nitrogens with zero attached hydrogens (tertiary/aromatic N) is 14. The van der Waals surface area contributed by atoms with Crippen molar-refractivity contribution >= 4 is 34.9 Å². The molecule has 12 unspecified atom stereocenters. The van der Waals surface area contributed by atoms with Gasteiger partial charge in [-0.2, -0.15) is 0 Å². The Morgan fingerprint density at radius 2 is 0.608 bits per heavy atom. The molecular weight excluding hydrogens is 1550 g/mol. The standard InChI is InChI=1S/2C16H22N2.2C15H19FN2.C15H21N3.C15H20N2.C14H22FN3/c2*1-5-14-6-7-16(17-10-14)18-9-8-15(12(2)3)13(4)11-18;2*1-4-12-5-6-15(17-9-12)18-8-7-13(11(2)3)14(16)10-18;1-5-13-6-7-15(17-16-13)18-9-8-14(11(2)3)12(4)10-18;1-4-13-5-6-15(16-11-13)17-9-7-14(8-10-17)12(2)3;1-4-11(16)5-6-14(17)18-8-7-12(10(2)3)13(15)9-18/h2*1,6-7,10,12-13,15H,8-9,11H2,2-4H3;2*1,5-6,9,11,13-14H,7-8,10H2,2-3H3;1,6-7,11-12,14H,8-10H2,2-4H3;1,5-6,11-12,14H,7-10H2,2-3H3;1,5-6,10,12-13H,7-9,16-17H2,2-3H3/b;;;;;;11-5-,14-6+. The Balaban J connectivity index is 0.000000200. The molecule has 19 heteroatoms. The summed E-state index contributed by atoms with van der Waals surface area (Å²) in [7, 11) is 0. The van der Waals surface area contributed by atoms with Crippen molar-refractivity contribution in [1.82, 2.24) is 40.0 Å². The van der Waals surface area contributed by atoms with E-state index in [9.17, 15) is 13.2 Å². The van der Waals surface area contributed by atoms with E-state index in [1.165, 1.54) is 32.1 Å². The van der Waals surface area contributed by atoms with Crippen LogP contribution < -0.4 is 40.9 Å². The third-order valence-corrected chi connectivity index (χ3v) is 26.6.